The molecule has 0 aromatic heterocycles. The monoisotopic (exact) mass is 281 g/mol. The van der Waals surface area contributed by atoms with Gasteiger partial charge in [-0.05, 0) is 12.8 Å². The van der Waals surface area contributed by atoms with Gasteiger partial charge < -0.3 is 19.3 Å². The molecule has 6 nitrogen and oxygen atoms in total. The van der Waals surface area contributed by atoms with Gasteiger partial charge in [0.05, 0.1) is 13.7 Å². The van der Waals surface area contributed by atoms with E-state index in [1.165, 1.54) is 7.11 Å². The minimum absolute atomic E-state index is 0. The van der Waals surface area contributed by atoms with Gasteiger partial charge in [-0.1, -0.05) is 14.9 Å². The van der Waals surface area contributed by atoms with Crippen LogP contribution in [0.25, 0.3) is 0 Å². The van der Waals surface area contributed by atoms with Crippen LogP contribution in [0.1, 0.15) is 40.5 Å². The number of carbonyl (C=O) groups excluding carboxylic acids is 2. The van der Waals surface area contributed by atoms with Gasteiger partial charge in [0.15, 0.2) is 0 Å². The fourth-order valence-corrected chi connectivity index (χ4v) is 0.938. The molecule has 6 heteroatoms. The highest BCUT2D eigenvalue weighted by molar-refractivity contribution is 5.70. The predicted molar refractivity (Wildman–Crippen MR) is 72.7 cm³/mol. The summed E-state index contributed by atoms with van der Waals surface area (Å²) in [4.78, 5) is 20.4. The second-order valence-corrected chi connectivity index (χ2v) is 3.00. The van der Waals surface area contributed by atoms with E-state index in [0.717, 1.165) is 20.0 Å². The van der Waals surface area contributed by atoms with E-state index in [0.29, 0.717) is 26.1 Å². The van der Waals surface area contributed by atoms with Crippen LogP contribution in [0.3, 0.4) is 0 Å². The molecule has 1 heterocycles. The van der Waals surface area contributed by atoms with Crippen LogP contribution in [0.2, 0.25) is 0 Å². The summed E-state index contributed by atoms with van der Waals surface area (Å²) in [6.45, 7) is 1.26. The van der Waals surface area contributed by atoms with E-state index in [-0.39, 0.29) is 26.8 Å². The average Bonchev–Trinajstić information content (AvgIpc) is 2.84. The molecule has 0 aliphatic carbocycles. The number of cyclic esters (lactones) is 1. The third-order valence-electron chi connectivity index (χ3n) is 1.75. The zero-order valence-electron chi connectivity index (χ0n) is 10.7. The Hall–Kier alpha value is -1.14. The number of ether oxygens (including phenoxy) is 3. The van der Waals surface area contributed by atoms with Crippen molar-refractivity contribution in [3.05, 3.63) is 0 Å². The van der Waals surface area contributed by atoms with Gasteiger partial charge in [0, 0.05) is 26.6 Å². The SMILES string of the molecule is C.C.COCCCC(=O)OC.C[O-].O=C1CCCO1. The molecule has 1 fully saturated rings. The number of hydrogen-bond donors (Lipinski definition) is 0. The normalized spacial score (nSPS) is 11.3. The summed E-state index contributed by atoms with van der Waals surface area (Å²) in [6, 6.07) is 0. The maximum atomic E-state index is 10.4. The molecule has 0 N–H and O–H groups in total. The Morgan fingerprint density at radius 2 is 1.89 bits per heavy atom. The Morgan fingerprint density at radius 1 is 1.32 bits per heavy atom. The molecule has 0 atom stereocenters. The molecule has 0 unspecified atom stereocenters. The van der Waals surface area contributed by atoms with E-state index in [4.69, 9.17) is 9.84 Å². The van der Waals surface area contributed by atoms with Crippen LogP contribution < -0.4 is 5.11 Å². The molecule has 0 aromatic carbocycles. The lowest BCUT2D eigenvalue weighted by Crippen LogP contribution is -2.01. The first-order chi connectivity index (χ1) is 8.20. The van der Waals surface area contributed by atoms with Crippen LogP contribution in [-0.4, -0.2) is 46.5 Å². The van der Waals surface area contributed by atoms with E-state index in [9.17, 15) is 9.59 Å². The summed E-state index contributed by atoms with van der Waals surface area (Å²) in [5.74, 6) is -0.220. The van der Waals surface area contributed by atoms with E-state index < -0.39 is 0 Å². The number of hydrogen-bond acceptors (Lipinski definition) is 6. The van der Waals surface area contributed by atoms with Crippen LogP contribution in [0.5, 0.6) is 0 Å². The molecule has 0 spiro atoms. The number of rotatable bonds is 4. The van der Waals surface area contributed by atoms with Gasteiger partial charge in [-0.25, -0.2) is 0 Å². The summed E-state index contributed by atoms with van der Waals surface area (Å²) >= 11 is 0. The predicted octanol–water partition coefficient (Wildman–Crippen LogP) is 1.16. The van der Waals surface area contributed by atoms with Gasteiger partial charge in [-0.3, -0.25) is 9.59 Å². The van der Waals surface area contributed by atoms with Gasteiger partial charge in [0.25, 0.3) is 0 Å². The van der Waals surface area contributed by atoms with E-state index in [1.807, 2.05) is 0 Å². The van der Waals surface area contributed by atoms with Crippen molar-refractivity contribution in [2.75, 3.05) is 34.5 Å². The van der Waals surface area contributed by atoms with Gasteiger partial charge in [-0.15, -0.1) is 0 Å². The van der Waals surface area contributed by atoms with Crippen molar-refractivity contribution in [1.29, 1.82) is 0 Å². The summed E-state index contributed by atoms with van der Waals surface area (Å²) in [6.07, 6.45) is 2.73. The van der Waals surface area contributed by atoms with E-state index >= 15 is 0 Å². The van der Waals surface area contributed by atoms with Crippen LogP contribution in [0, 0.1) is 0 Å². The molecule has 1 aliphatic heterocycles. The third kappa shape index (κ3) is 22.5. The maximum absolute atomic E-state index is 10.4. The highest BCUT2D eigenvalue weighted by Gasteiger charge is 2.08. The van der Waals surface area contributed by atoms with Gasteiger partial charge in [0.2, 0.25) is 0 Å². The molecule has 118 valence electrons. The lowest BCUT2D eigenvalue weighted by Gasteiger charge is -1.96. The van der Waals surface area contributed by atoms with Gasteiger partial charge >= 0.3 is 11.9 Å². The molecule has 0 radical (unpaired) electrons. The molecule has 0 saturated carbocycles. The highest BCUT2D eigenvalue weighted by atomic mass is 16.5. The lowest BCUT2D eigenvalue weighted by atomic mass is 10.3. The summed E-state index contributed by atoms with van der Waals surface area (Å²) in [7, 11) is 3.74. The Labute approximate surface area is 117 Å². The molecule has 19 heavy (non-hydrogen) atoms. The molecular weight excluding hydrogens is 252 g/mol. The van der Waals surface area contributed by atoms with Crippen LogP contribution >= 0.6 is 0 Å². The molecule has 0 amide bonds. The summed E-state index contributed by atoms with van der Waals surface area (Å²) < 4.78 is 13.6. The minimum atomic E-state index is -0.174. The number of esters is 2. The molecule has 0 bridgehead atoms. The lowest BCUT2D eigenvalue weighted by molar-refractivity contribution is -0.325. The fraction of sp³-hybridized carbons (Fsp3) is 0.846. The molecule has 1 aliphatic rings. The number of methoxy groups -OCH3 is 2. The van der Waals surface area contributed by atoms with Crippen molar-refractivity contribution in [1.82, 2.24) is 0 Å². The largest absolute Gasteiger partial charge is 0.857 e. The quantitative estimate of drug-likeness (QED) is 0.568. The molecule has 0 aromatic rings. The van der Waals surface area contributed by atoms with Crippen LogP contribution in [-0.2, 0) is 23.8 Å². The summed E-state index contributed by atoms with van der Waals surface area (Å²) in [5.41, 5.74) is 0. The molecule has 1 rings (SSSR count). The first kappa shape index (κ1) is 26.4. The summed E-state index contributed by atoms with van der Waals surface area (Å²) in [5, 5.41) is 8.25. The van der Waals surface area contributed by atoms with Gasteiger partial charge in [0.1, 0.15) is 0 Å². The smallest absolute Gasteiger partial charge is 0.305 e. The van der Waals surface area contributed by atoms with Crippen molar-refractivity contribution >= 4 is 11.9 Å². The zero-order valence-corrected chi connectivity index (χ0v) is 10.7. The topological polar surface area (TPSA) is 84.9 Å². The second-order valence-electron chi connectivity index (χ2n) is 3.00. The Kier molecular flexibility index (Phi) is 30.7. The van der Waals surface area contributed by atoms with Crippen molar-refractivity contribution in [2.45, 2.75) is 40.5 Å². The fourth-order valence-electron chi connectivity index (χ4n) is 0.938. The standard InChI is InChI=1S/C6H12O3.C4H6O2.CH3O.2CH4/c1-8-5-3-4-6(7)9-2;5-4-2-1-3-6-4;1-2;;/h3-5H2,1-2H3;1-3H2;1H3;2*1H4/q;;-1;;. The first-order valence-corrected chi connectivity index (χ1v) is 5.33. The average molecular weight is 281 g/mol. The van der Waals surface area contributed by atoms with Crippen molar-refractivity contribution < 1.29 is 28.9 Å². The van der Waals surface area contributed by atoms with Crippen LogP contribution in [0.4, 0.5) is 0 Å². The van der Waals surface area contributed by atoms with Crippen molar-refractivity contribution in [3.63, 3.8) is 0 Å². The third-order valence-corrected chi connectivity index (χ3v) is 1.75. The zero-order chi connectivity index (χ0) is 13.5. The first-order valence-electron chi connectivity index (χ1n) is 5.33. The Bertz CT molecular complexity index is 186. The molecule has 1 saturated heterocycles. The van der Waals surface area contributed by atoms with Crippen LogP contribution in [0.15, 0.2) is 0 Å². The maximum Gasteiger partial charge on any atom is 0.305 e. The highest BCUT2D eigenvalue weighted by Crippen LogP contribution is 2.01. The minimum Gasteiger partial charge on any atom is -0.857 e. The van der Waals surface area contributed by atoms with Gasteiger partial charge in [-0.2, -0.15) is 7.11 Å². The Balaban J connectivity index is -0.0000000990. The van der Waals surface area contributed by atoms with Crippen molar-refractivity contribution in [3.8, 4) is 0 Å². The van der Waals surface area contributed by atoms with Crippen molar-refractivity contribution in [2.24, 2.45) is 0 Å². The molecular formula is C13H29O6-. The second kappa shape index (κ2) is 22.1. The Morgan fingerprint density at radius 3 is 2.16 bits per heavy atom. The van der Waals surface area contributed by atoms with E-state index in [1.54, 1.807) is 7.11 Å². The van der Waals surface area contributed by atoms with E-state index in [2.05, 4.69) is 9.47 Å². The number of carbonyl (C=O) groups is 2.